The summed E-state index contributed by atoms with van der Waals surface area (Å²) < 4.78 is 0. The van der Waals surface area contributed by atoms with E-state index in [1.165, 1.54) is 6.92 Å². The molecule has 1 unspecified atom stereocenters. The zero-order chi connectivity index (χ0) is 11.9. The molecule has 84 valence electrons. The van der Waals surface area contributed by atoms with Crippen LogP contribution in [0.15, 0.2) is 0 Å². The molecule has 0 heterocycles. The number of terminal acetylenes is 1. The Morgan fingerprint density at radius 1 is 1.53 bits per heavy atom. The van der Waals surface area contributed by atoms with Crippen molar-refractivity contribution in [2.45, 2.75) is 32.2 Å². The van der Waals surface area contributed by atoms with Crippen molar-refractivity contribution in [3.8, 4) is 12.3 Å². The van der Waals surface area contributed by atoms with Crippen LogP contribution in [0.4, 0.5) is 4.79 Å². The number of rotatable bonds is 5. The van der Waals surface area contributed by atoms with E-state index in [-0.39, 0.29) is 6.54 Å². The Morgan fingerprint density at radius 2 is 2.13 bits per heavy atom. The maximum Gasteiger partial charge on any atom is 0.329 e. The summed E-state index contributed by atoms with van der Waals surface area (Å²) >= 11 is 0. The topological polar surface area (TPSA) is 78.4 Å². The summed E-state index contributed by atoms with van der Waals surface area (Å²) in [5.74, 6) is 1.17. The molecule has 0 aliphatic heterocycles. The molecule has 5 nitrogen and oxygen atoms in total. The van der Waals surface area contributed by atoms with Crippen LogP contribution < -0.4 is 10.6 Å². The quantitative estimate of drug-likeness (QED) is 0.583. The van der Waals surface area contributed by atoms with Crippen molar-refractivity contribution >= 4 is 12.0 Å². The fraction of sp³-hybridized carbons (Fsp3) is 0.600. The van der Waals surface area contributed by atoms with Crippen molar-refractivity contribution < 1.29 is 14.7 Å². The second kappa shape index (κ2) is 5.91. The molecule has 0 saturated heterocycles. The number of nitrogens with one attached hydrogen (secondary N) is 2. The van der Waals surface area contributed by atoms with Gasteiger partial charge in [0.2, 0.25) is 0 Å². The van der Waals surface area contributed by atoms with Crippen LogP contribution in [-0.4, -0.2) is 29.2 Å². The minimum atomic E-state index is -1.24. The van der Waals surface area contributed by atoms with E-state index in [0.717, 1.165) is 0 Å². The third kappa shape index (κ3) is 4.36. The molecular weight excluding hydrogens is 196 g/mol. The van der Waals surface area contributed by atoms with Gasteiger partial charge in [0, 0.05) is 0 Å². The van der Waals surface area contributed by atoms with Gasteiger partial charge in [-0.1, -0.05) is 19.3 Å². The Kier molecular flexibility index (Phi) is 5.24. The molecule has 0 radical (unpaired) electrons. The van der Waals surface area contributed by atoms with Crippen LogP contribution in [0.5, 0.6) is 0 Å². The van der Waals surface area contributed by atoms with Crippen molar-refractivity contribution in [3.05, 3.63) is 0 Å². The largest absolute Gasteiger partial charge is 0.480 e. The number of hydrogen-bond donors (Lipinski definition) is 3. The number of carboxylic acids is 1. The first-order valence-electron chi connectivity index (χ1n) is 4.69. The van der Waals surface area contributed by atoms with Crippen molar-refractivity contribution in [1.82, 2.24) is 10.6 Å². The van der Waals surface area contributed by atoms with Crippen LogP contribution in [0.1, 0.15) is 26.7 Å². The molecular formula is C10H16N2O3. The summed E-state index contributed by atoms with van der Waals surface area (Å²) in [7, 11) is 0. The molecule has 0 aromatic heterocycles. The molecule has 15 heavy (non-hydrogen) atoms. The van der Waals surface area contributed by atoms with E-state index in [1.807, 2.05) is 6.92 Å². The highest BCUT2D eigenvalue weighted by molar-refractivity contribution is 5.85. The van der Waals surface area contributed by atoms with E-state index in [4.69, 9.17) is 11.5 Å². The van der Waals surface area contributed by atoms with E-state index in [0.29, 0.717) is 12.8 Å². The molecule has 0 aliphatic carbocycles. The summed E-state index contributed by atoms with van der Waals surface area (Å²) in [6.45, 7) is 3.39. The number of urea groups is 1. The Bertz CT molecular complexity index is 283. The molecule has 0 bridgehead atoms. The van der Waals surface area contributed by atoms with Gasteiger partial charge in [-0.15, -0.1) is 6.42 Å². The molecule has 2 amide bonds. The van der Waals surface area contributed by atoms with Gasteiger partial charge in [0.05, 0.1) is 6.54 Å². The minimum Gasteiger partial charge on any atom is -0.480 e. The molecule has 5 heteroatoms. The summed E-state index contributed by atoms with van der Waals surface area (Å²) in [6, 6.07) is -0.564. The molecule has 0 aromatic carbocycles. The summed E-state index contributed by atoms with van der Waals surface area (Å²) in [4.78, 5) is 22.2. The zero-order valence-corrected chi connectivity index (χ0v) is 8.96. The number of amides is 2. The molecule has 0 aromatic rings. The van der Waals surface area contributed by atoms with E-state index in [9.17, 15) is 9.59 Å². The van der Waals surface area contributed by atoms with Crippen molar-refractivity contribution in [1.29, 1.82) is 0 Å². The van der Waals surface area contributed by atoms with Crippen LogP contribution in [-0.2, 0) is 4.79 Å². The highest BCUT2D eigenvalue weighted by Gasteiger charge is 2.33. The highest BCUT2D eigenvalue weighted by Crippen LogP contribution is 2.12. The second-order valence-electron chi connectivity index (χ2n) is 3.40. The van der Waals surface area contributed by atoms with Gasteiger partial charge in [0.25, 0.3) is 0 Å². The van der Waals surface area contributed by atoms with Gasteiger partial charge >= 0.3 is 12.0 Å². The molecule has 1 atom stereocenters. The molecule has 0 saturated carbocycles. The first-order valence-corrected chi connectivity index (χ1v) is 4.69. The SMILES string of the molecule is C#CCNC(=O)NC(C)(CCC)C(=O)O. The summed E-state index contributed by atoms with van der Waals surface area (Å²) in [5.41, 5.74) is -1.24. The number of carbonyl (C=O) groups is 2. The van der Waals surface area contributed by atoms with Gasteiger partial charge in [-0.25, -0.2) is 9.59 Å². The van der Waals surface area contributed by atoms with Crippen molar-refractivity contribution in [2.24, 2.45) is 0 Å². The predicted molar refractivity (Wildman–Crippen MR) is 56.3 cm³/mol. The Labute approximate surface area is 89.2 Å². The Hall–Kier alpha value is -1.70. The predicted octanol–water partition coefficient (Wildman–Crippen LogP) is 0.562. The lowest BCUT2D eigenvalue weighted by Gasteiger charge is -2.25. The fourth-order valence-electron chi connectivity index (χ4n) is 1.15. The summed E-state index contributed by atoms with van der Waals surface area (Å²) in [6.07, 6.45) is 5.98. The lowest BCUT2D eigenvalue weighted by molar-refractivity contribution is -0.144. The van der Waals surface area contributed by atoms with E-state index in [1.54, 1.807) is 0 Å². The Balaban J connectivity index is 4.36. The average molecular weight is 212 g/mol. The normalized spacial score (nSPS) is 13.4. The number of hydrogen-bond acceptors (Lipinski definition) is 2. The molecule has 0 aliphatic rings. The van der Waals surface area contributed by atoms with Gasteiger partial charge < -0.3 is 15.7 Å². The van der Waals surface area contributed by atoms with Crippen LogP contribution in [0.25, 0.3) is 0 Å². The van der Waals surface area contributed by atoms with Gasteiger partial charge in [0.1, 0.15) is 5.54 Å². The lowest BCUT2D eigenvalue weighted by Crippen LogP contribution is -2.55. The number of carbonyl (C=O) groups excluding carboxylic acids is 1. The van der Waals surface area contributed by atoms with E-state index in [2.05, 4.69) is 16.6 Å². The number of carboxylic acid groups (broad SMARTS) is 1. The maximum atomic E-state index is 11.2. The molecule has 0 spiro atoms. The third-order valence-electron chi connectivity index (χ3n) is 1.96. The first-order chi connectivity index (χ1) is 6.96. The van der Waals surface area contributed by atoms with Gasteiger partial charge in [-0.05, 0) is 13.3 Å². The second-order valence-corrected chi connectivity index (χ2v) is 3.40. The van der Waals surface area contributed by atoms with E-state index < -0.39 is 17.5 Å². The fourth-order valence-corrected chi connectivity index (χ4v) is 1.15. The molecule has 0 rings (SSSR count). The van der Waals surface area contributed by atoms with Crippen LogP contribution in [0.2, 0.25) is 0 Å². The van der Waals surface area contributed by atoms with Crippen LogP contribution in [0.3, 0.4) is 0 Å². The third-order valence-corrected chi connectivity index (χ3v) is 1.96. The van der Waals surface area contributed by atoms with Crippen LogP contribution in [0, 0.1) is 12.3 Å². The number of aliphatic carboxylic acids is 1. The van der Waals surface area contributed by atoms with Gasteiger partial charge in [-0.3, -0.25) is 0 Å². The monoisotopic (exact) mass is 212 g/mol. The van der Waals surface area contributed by atoms with E-state index >= 15 is 0 Å². The van der Waals surface area contributed by atoms with Gasteiger partial charge in [0.15, 0.2) is 0 Å². The molecule has 3 N–H and O–H groups in total. The zero-order valence-electron chi connectivity index (χ0n) is 8.96. The maximum absolute atomic E-state index is 11.2. The van der Waals surface area contributed by atoms with Crippen molar-refractivity contribution in [2.75, 3.05) is 6.54 Å². The Morgan fingerprint density at radius 3 is 2.53 bits per heavy atom. The summed E-state index contributed by atoms with van der Waals surface area (Å²) in [5, 5.41) is 13.7. The first kappa shape index (κ1) is 13.3. The lowest BCUT2D eigenvalue weighted by atomic mass is 9.97. The molecule has 0 fully saturated rings. The van der Waals surface area contributed by atoms with Crippen molar-refractivity contribution in [3.63, 3.8) is 0 Å². The van der Waals surface area contributed by atoms with Crippen LogP contribution >= 0.6 is 0 Å². The standard InChI is InChI=1S/C10H16N2O3/c1-4-6-10(3,8(13)14)12-9(15)11-7-5-2/h2H,4,6-7H2,1,3H3,(H,13,14)(H2,11,12,15). The average Bonchev–Trinajstić information content (AvgIpc) is 2.14. The van der Waals surface area contributed by atoms with Gasteiger partial charge in [-0.2, -0.15) is 0 Å². The minimum absolute atomic E-state index is 0.0770. The highest BCUT2D eigenvalue weighted by atomic mass is 16.4. The smallest absolute Gasteiger partial charge is 0.329 e.